The van der Waals surface area contributed by atoms with Gasteiger partial charge in [-0.2, -0.15) is 13.2 Å². The van der Waals surface area contributed by atoms with Crippen LogP contribution in [-0.4, -0.2) is 40.6 Å². The first kappa shape index (κ1) is 25.2. The molecule has 35 heavy (non-hydrogen) atoms. The van der Waals surface area contributed by atoms with Crippen LogP contribution in [0.4, 0.5) is 23.4 Å². The van der Waals surface area contributed by atoms with E-state index in [0.717, 1.165) is 31.0 Å². The summed E-state index contributed by atoms with van der Waals surface area (Å²) in [5, 5.41) is 3.76. The van der Waals surface area contributed by atoms with Crippen LogP contribution in [0.3, 0.4) is 0 Å². The van der Waals surface area contributed by atoms with Crippen molar-refractivity contribution in [3.8, 4) is 5.75 Å². The number of nitrogens with zero attached hydrogens (tertiary/aromatic N) is 3. The standard InChI is InChI=1S/C26H30F4N4O/c1-14-12-21-19(13-23(14)35-16(3)22-10-7-11-34(22)5)25(33-17(4)32-21)31-15(2)18-8-6-9-20(24(18)27)26(28,29)30/h6,8-9,12-13,15-16,22H,7,10-11H2,1-5H3,(H,31,32,33)/t15-,16+,22+/m1/s1. The highest BCUT2D eigenvalue weighted by Crippen LogP contribution is 2.36. The highest BCUT2D eigenvalue weighted by atomic mass is 19.4. The highest BCUT2D eigenvalue weighted by Gasteiger charge is 2.35. The Labute approximate surface area is 202 Å². The fourth-order valence-electron chi connectivity index (χ4n) is 4.81. The van der Waals surface area contributed by atoms with Crippen LogP contribution in [0.2, 0.25) is 0 Å². The lowest BCUT2D eigenvalue weighted by molar-refractivity contribution is -0.140. The van der Waals surface area contributed by atoms with Crippen LogP contribution in [-0.2, 0) is 6.18 Å². The van der Waals surface area contributed by atoms with E-state index in [1.165, 1.54) is 12.1 Å². The fourth-order valence-corrected chi connectivity index (χ4v) is 4.81. The molecule has 5 nitrogen and oxygen atoms in total. The van der Waals surface area contributed by atoms with Gasteiger partial charge in [-0.15, -0.1) is 0 Å². The van der Waals surface area contributed by atoms with Crippen molar-refractivity contribution in [2.24, 2.45) is 0 Å². The number of halogens is 4. The quantitative estimate of drug-likeness (QED) is 0.403. The van der Waals surface area contributed by atoms with Crippen molar-refractivity contribution < 1.29 is 22.3 Å². The van der Waals surface area contributed by atoms with Gasteiger partial charge >= 0.3 is 6.18 Å². The molecule has 4 rings (SSSR count). The lowest BCUT2D eigenvalue weighted by Crippen LogP contribution is -2.38. The molecule has 1 aliphatic heterocycles. The van der Waals surface area contributed by atoms with Crippen LogP contribution in [0.5, 0.6) is 5.75 Å². The van der Waals surface area contributed by atoms with Gasteiger partial charge in [0.05, 0.1) is 17.1 Å². The van der Waals surface area contributed by atoms with Crippen LogP contribution in [0.15, 0.2) is 30.3 Å². The normalized spacial score (nSPS) is 18.6. The zero-order chi connectivity index (χ0) is 25.5. The summed E-state index contributed by atoms with van der Waals surface area (Å²) in [7, 11) is 2.09. The number of anilines is 1. The number of ether oxygens (including phenoxy) is 1. The molecule has 3 aromatic rings. The summed E-state index contributed by atoms with van der Waals surface area (Å²) in [6.45, 7) is 8.38. The summed E-state index contributed by atoms with van der Waals surface area (Å²) >= 11 is 0. The Kier molecular flexibility index (Phi) is 6.90. The molecule has 1 saturated heterocycles. The largest absolute Gasteiger partial charge is 0.489 e. The Morgan fingerprint density at radius 3 is 2.54 bits per heavy atom. The average molecular weight is 491 g/mol. The maximum absolute atomic E-state index is 14.7. The number of aromatic nitrogens is 2. The van der Waals surface area contributed by atoms with Gasteiger partial charge in [-0.3, -0.25) is 4.90 Å². The molecular weight excluding hydrogens is 460 g/mol. The SMILES string of the molecule is Cc1nc(N[C@H](C)c2cccc(C(F)(F)F)c2F)c2cc(O[C@@H](C)[C@@H]3CCCN3C)c(C)cc2n1. The molecule has 2 aromatic carbocycles. The van der Waals surface area contributed by atoms with Crippen molar-refractivity contribution in [3.63, 3.8) is 0 Å². The van der Waals surface area contributed by atoms with Crippen LogP contribution >= 0.6 is 0 Å². The van der Waals surface area contributed by atoms with Gasteiger partial charge in [0.1, 0.15) is 29.3 Å². The van der Waals surface area contributed by atoms with E-state index >= 15 is 0 Å². The number of alkyl halides is 3. The number of likely N-dealkylation sites (tertiary alicyclic amines) is 1. The van der Waals surface area contributed by atoms with Crippen molar-refractivity contribution in [1.29, 1.82) is 0 Å². The molecule has 0 spiro atoms. The minimum absolute atomic E-state index is 0.0282. The van der Waals surface area contributed by atoms with E-state index in [9.17, 15) is 17.6 Å². The van der Waals surface area contributed by atoms with Crippen molar-refractivity contribution >= 4 is 16.7 Å². The first-order chi connectivity index (χ1) is 16.5. The Balaban J connectivity index is 1.68. The molecule has 1 aromatic heterocycles. The second-order valence-corrected chi connectivity index (χ2v) is 9.34. The van der Waals surface area contributed by atoms with Crippen molar-refractivity contribution in [2.45, 2.75) is 64.9 Å². The maximum atomic E-state index is 14.7. The number of rotatable bonds is 6. The number of fused-ring (bicyclic) bond motifs is 1. The van der Waals surface area contributed by atoms with Gasteiger partial charge < -0.3 is 10.1 Å². The fraction of sp³-hybridized carbons (Fsp3) is 0.462. The van der Waals surface area contributed by atoms with Crippen LogP contribution < -0.4 is 10.1 Å². The predicted octanol–water partition coefficient (Wildman–Crippen LogP) is 6.44. The molecule has 2 heterocycles. The van der Waals surface area contributed by atoms with Gasteiger partial charge in [-0.25, -0.2) is 14.4 Å². The Hall–Kier alpha value is -2.94. The lowest BCUT2D eigenvalue weighted by Gasteiger charge is -2.27. The molecule has 0 unspecified atom stereocenters. The maximum Gasteiger partial charge on any atom is 0.419 e. The van der Waals surface area contributed by atoms with Gasteiger partial charge in [-0.05, 0) is 77.9 Å². The molecule has 9 heteroatoms. The van der Waals surface area contributed by atoms with Crippen molar-refractivity contribution in [3.05, 3.63) is 58.7 Å². The van der Waals surface area contributed by atoms with Gasteiger partial charge in [0.2, 0.25) is 0 Å². The molecule has 3 atom stereocenters. The molecule has 1 aliphatic rings. The van der Waals surface area contributed by atoms with E-state index < -0.39 is 23.6 Å². The number of nitrogens with one attached hydrogen (secondary N) is 1. The molecule has 0 bridgehead atoms. The zero-order valence-electron chi connectivity index (χ0n) is 20.5. The van der Waals surface area contributed by atoms with Crippen molar-refractivity contribution in [2.75, 3.05) is 18.9 Å². The molecule has 0 saturated carbocycles. The van der Waals surface area contributed by atoms with Crippen molar-refractivity contribution in [1.82, 2.24) is 14.9 Å². The smallest absolute Gasteiger partial charge is 0.419 e. The van der Waals surface area contributed by atoms with E-state index in [-0.39, 0.29) is 11.7 Å². The molecule has 0 amide bonds. The minimum atomic E-state index is -4.77. The Morgan fingerprint density at radius 1 is 1.14 bits per heavy atom. The van der Waals surface area contributed by atoms with Gasteiger partial charge in [-0.1, -0.05) is 12.1 Å². The minimum Gasteiger partial charge on any atom is -0.489 e. The molecule has 1 fully saturated rings. The zero-order valence-corrected chi connectivity index (χ0v) is 20.5. The van der Waals surface area contributed by atoms with Crippen LogP contribution in [0.25, 0.3) is 10.9 Å². The molecule has 0 aliphatic carbocycles. The number of likely N-dealkylation sites (N-methyl/N-ethyl adjacent to an activating group) is 1. The number of benzene rings is 2. The summed E-state index contributed by atoms with van der Waals surface area (Å²) < 4.78 is 60.7. The third-order valence-corrected chi connectivity index (χ3v) is 6.69. The van der Waals surface area contributed by atoms with E-state index in [1.54, 1.807) is 13.8 Å². The Morgan fingerprint density at radius 2 is 1.89 bits per heavy atom. The molecule has 1 N–H and O–H groups in total. The summed E-state index contributed by atoms with van der Waals surface area (Å²) in [5.41, 5.74) is 0.216. The molecular formula is C26H30F4N4O. The second kappa shape index (κ2) is 9.60. The summed E-state index contributed by atoms with van der Waals surface area (Å²) in [6.07, 6.45) is -2.60. The highest BCUT2D eigenvalue weighted by molar-refractivity contribution is 5.91. The van der Waals surface area contributed by atoms with Gasteiger partial charge in [0.15, 0.2) is 0 Å². The first-order valence-electron chi connectivity index (χ1n) is 11.7. The van der Waals surface area contributed by atoms with E-state index in [0.29, 0.717) is 34.3 Å². The van der Waals surface area contributed by atoms with Crippen LogP contribution in [0.1, 0.15) is 55.2 Å². The van der Waals surface area contributed by atoms with E-state index in [1.807, 2.05) is 19.1 Å². The summed E-state index contributed by atoms with van der Waals surface area (Å²) in [4.78, 5) is 11.3. The Bertz CT molecular complexity index is 1230. The summed E-state index contributed by atoms with van der Waals surface area (Å²) in [5.74, 6) is 0.307. The molecule has 188 valence electrons. The predicted molar refractivity (Wildman–Crippen MR) is 128 cm³/mol. The van der Waals surface area contributed by atoms with Gasteiger partial charge in [0.25, 0.3) is 0 Å². The number of hydrogen-bond acceptors (Lipinski definition) is 5. The van der Waals surface area contributed by atoms with E-state index in [2.05, 4.69) is 34.2 Å². The second-order valence-electron chi connectivity index (χ2n) is 9.34. The first-order valence-corrected chi connectivity index (χ1v) is 11.7. The lowest BCUT2D eigenvalue weighted by atomic mass is 10.0. The number of hydrogen-bond donors (Lipinski definition) is 1. The average Bonchev–Trinajstić information content (AvgIpc) is 3.19. The van der Waals surface area contributed by atoms with E-state index in [4.69, 9.17) is 4.74 Å². The van der Waals surface area contributed by atoms with Gasteiger partial charge in [0, 0.05) is 17.0 Å². The summed E-state index contributed by atoms with van der Waals surface area (Å²) in [6, 6.07) is 6.60. The van der Waals surface area contributed by atoms with Crippen LogP contribution in [0, 0.1) is 19.7 Å². The monoisotopic (exact) mass is 490 g/mol. The third kappa shape index (κ3) is 5.19. The topological polar surface area (TPSA) is 50.3 Å². The molecule has 0 radical (unpaired) electrons. The number of aryl methyl sites for hydroxylation is 2. The third-order valence-electron chi connectivity index (χ3n) is 6.69.